The molecule has 114 valence electrons. The van der Waals surface area contributed by atoms with Gasteiger partial charge in [-0.1, -0.05) is 43.6 Å². The molecule has 1 amide bonds. The monoisotopic (exact) mass is 309 g/mol. The predicted molar refractivity (Wildman–Crippen MR) is 81.1 cm³/mol. The van der Waals surface area contributed by atoms with Gasteiger partial charge in [0.2, 0.25) is 5.91 Å². The van der Waals surface area contributed by atoms with E-state index in [0.717, 1.165) is 5.56 Å². The van der Waals surface area contributed by atoms with Crippen molar-refractivity contribution in [2.45, 2.75) is 32.7 Å². The van der Waals surface area contributed by atoms with Gasteiger partial charge in [0.25, 0.3) is 0 Å². The number of carboxylic acids is 1. The third kappa shape index (κ3) is 3.38. The van der Waals surface area contributed by atoms with E-state index in [9.17, 15) is 14.7 Å². The fourth-order valence-electron chi connectivity index (χ4n) is 2.92. The summed E-state index contributed by atoms with van der Waals surface area (Å²) < 4.78 is 0. The third-order valence-electron chi connectivity index (χ3n) is 3.81. The highest BCUT2D eigenvalue weighted by atomic mass is 35.5. The quantitative estimate of drug-likeness (QED) is 0.927. The first kappa shape index (κ1) is 15.8. The van der Waals surface area contributed by atoms with Crippen LogP contribution in [0.5, 0.6) is 0 Å². The number of hydrogen-bond acceptors (Lipinski definition) is 2. The molecule has 0 aliphatic carbocycles. The van der Waals surface area contributed by atoms with E-state index in [1.54, 1.807) is 17.0 Å². The molecule has 0 saturated carbocycles. The zero-order valence-corrected chi connectivity index (χ0v) is 13.0. The van der Waals surface area contributed by atoms with Crippen LogP contribution in [0.15, 0.2) is 24.3 Å². The largest absolute Gasteiger partial charge is 0.481 e. The van der Waals surface area contributed by atoms with Crippen molar-refractivity contribution < 1.29 is 14.7 Å². The maximum absolute atomic E-state index is 12.3. The van der Waals surface area contributed by atoms with Gasteiger partial charge in [-0.2, -0.15) is 0 Å². The maximum Gasteiger partial charge on any atom is 0.308 e. The minimum absolute atomic E-state index is 0.00567. The molecule has 0 spiro atoms. The number of nitrogens with zero attached hydrogens (tertiary/aromatic N) is 1. The number of amides is 1. The molecule has 2 atom stereocenters. The van der Waals surface area contributed by atoms with Gasteiger partial charge in [0.05, 0.1) is 12.0 Å². The van der Waals surface area contributed by atoms with Crippen LogP contribution in [0.2, 0.25) is 5.02 Å². The highest BCUT2D eigenvalue weighted by Gasteiger charge is 2.41. The first-order valence-electron chi connectivity index (χ1n) is 7.18. The molecule has 1 aromatic rings. The van der Waals surface area contributed by atoms with Crippen LogP contribution in [-0.2, 0) is 9.59 Å². The predicted octanol–water partition coefficient (Wildman–Crippen LogP) is 3.36. The van der Waals surface area contributed by atoms with Crippen molar-refractivity contribution in [1.29, 1.82) is 0 Å². The summed E-state index contributed by atoms with van der Waals surface area (Å²) in [6.07, 6.45) is 0.642. The summed E-state index contributed by atoms with van der Waals surface area (Å²) in [5.41, 5.74) is 0.722. The molecule has 2 rings (SSSR count). The van der Waals surface area contributed by atoms with Crippen LogP contribution in [0, 0.1) is 11.8 Å². The number of aliphatic carboxylic acids is 1. The lowest BCUT2D eigenvalue weighted by molar-refractivity contribution is -0.152. The molecule has 5 heteroatoms. The SMILES string of the molecule is CC(C)CN1C(=O)CCC(C(=O)O)C1c1ccccc1Cl. The normalized spacial score (nSPS) is 22.7. The summed E-state index contributed by atoms with van der Waals surface area (Å²) in [4.78, 5) is 25.6. The number of rotatable bonds is 4. The Kier molecular flexibility index (Phi) is 4.88. The zero-order chi connectivity index (χ0) is 15.6. The maximum atomic E-state index is 12.3. The average Bonchev–Trinajstić information content (AvgIpc) is 2.41. The van der Waals surface area contributed by atoms with Gasteiger partial charge in [-0.25, -0.2) is 0 Å². The summed E-state index contributed by atoms with van der Waals surface area (Å²) in [5.74, 6) is -1.21. The van der Waals surface area contributed by atoms with Crippen LogP contribution in [0.1, 0.15) is 38.3 Å². The van der Waals surface area contributed by atoms with Crippen molar-refractivity contribution in [3.05, 3.63) is 34.9 Å². The molecule has 4 nitrogen and oxygen atoms in total. The van der Waals surface area contributed by atoms with Gasteiger partial charge in [0.1, 0.15) is 0 Å². The van der Waals surface area contributed by atoms with E-state index in [1.165, 1.54) is 0 Å². The summed E-state index contributed by atoms with van der Waals surface area (Å²) in [6.45, 7) is 4.57. The minimum atomic E-state index is -0.874. The lowest BCUT2D eigenvalue weighted by atomic mass is 9.84. The molecule has 0 bridgehead atoms. The second-order valence-corrected chi connectivity index (χ2v) is 6.30. The molecule has 1 heterocycles. The standard InChI is InChI=1S/C16H20ClNO3/c1-10(2)9-18-14(19)8-7-12(16(20)21)15(18)11-5-3-4-6-13(11)17/h3-6,10,12,15H,7-9H2,1-2H3,(H,20,21). The van der Waals surface area contributed by atoms with Crippen molar-refractivity contribution >= 4 is 23.5 Å². The lowest BCUT2D eigenvalue weighted by Gasteiger charge is -2.41. The average molecular weight is 310 g/mol. The Morgan fingerprint density at radius 2 is 2.10 bits per heavy atom. The Morgan fingerprint density at radius 1 is 1.43 bits per heavy atom. The van der Waals surface area contributed by atoms with Crippen molar-refractivity contribution in [3.63, 3.8) is 0 Å². The van der Waals surface area contributed by atoms with Crippen LogP contribution in [0.25, 0.3) is 0 Å². The van der Waals surface area contributed by atoms with E-state index in [-0.39, 0.29) is 18.2 Å². The van der Waals surface area contributed by atoms with Gasteiger partial charge in [-0.15, -0.1) is 0 Å². The lowest BCUT2D eigenvalue weighted by Crippen LogP contribution is -2.46. The summed E-state index contributed by atoms with van der Waals surface area (Å²) in [5, 5.41) is 10.0. The van der Waals surface area contributed by atoms with Crippen molar-refractivity contribution in [1.82, 2.24) is 4.90 Å². The molecule has 1 fully saturated rings. The Hall–Kier alpha value is -1.55. The van der Waals surface area contributed by atoms with Crippen LogP contribution in [0.3, 0.4) is 0 Å². The Morgan fingerprint density at radius 3 is 2.67 bits per heavy atom. The molecule has 2 unspecified atom stereocenters. The number of piperidine rings is 1. The fourth-order valence-corrected chi connectivity index (χ4v) is 3.17. The molecule has 1 aliphatic rings. The smallest absolute Gasteiger partial charge is 0.308 e. The van der Waals surface area contributed by atoms with Crippen molar-refractivity contribution in [2.24, 2.45) is 11.8 Å². The number of halogens is 1. The molecule has 0 aromatic heterocycles. The molecule has 1 N–H and O–H groups in total. The van der Waals surface area contributed by atoms with Crippen LogP contribution in [0.4, 0.5) is 0 Å². The molecule has 21 heavy (non-hydrogen) atoms. The second kappa shape index (κ2) is 6.48. The van der Waals surface area contributed by atoms with E-state index >= 15 is 0 Å². The Labute approximate surface area is 129 Å². The summed E-state index contributed by atoms with van der Waals surface area (Å²) in [7, 11) is 0. The highest BCUT2D eigenvalue weighted by molar-refractivity contribution is 6.31. The number of carbonyl (C=O) groups is 2. The molecule has 1 saturated heterocycles. The molecular weight excluding hydrogens is 290 g/mol. The van der Waals surface area contributed by atoms with Gasteiger partial charge in [0, 0.05) is 18.0 Å². The number of benzene rings is 1. The zero-order valence-electron chi connectivity index (χ0n) is 12.3. The number of carboxylic acid groups (broad SMARTS) is 1. The van der Waals surface area contributed by atoms with Crippen LogP contribution < -0.4 is 0 Å². The third-order valence-corrected chi connectivity index (χ3v) is 4.15. The Balaban J connectivity index is 2.46. The minimum Gasteiger partial charge on any atom is -0.481 e. The van der Waals surface area contributed by atoms with Crippen molar-refractivity contribution in [2.75, 3.05) is 6.54 Å². The molecule has 0 radical (unpaired) electrons. The number of carbonyl (C=O) groups excluding carboxylic acids is 1. The first-order chi connectivity index (χ1) is 9.91. The van der Waals surface area contributed by atoms with E-state index in [1.807, 2.05) is 26.0 Å². The van der Waals surface area contributed by atoms with Crippen LogP contribution >= 0.6 is 11.6 Å². The topological polar surface area (TPSA) is 57.6 Å². The molecular formula is C16H20ClNO3. The molecule has 1 aliphatic heterocycles. The van der Waals surface area contributed by atoms with Crippen molar-refractivity contribution in [3.8, 4) is 0 Å². The first-order valence-corrected chi connectivity index (χ1v) is 7.56. The van der Waals surface area contributed by atoms with Gasteiger partial charge in [-0.3, -0.25) is 9.59 Å². The molecule has 1 aromatic carbocycles. The fraction of sp³-hybridized carbons (Fsp3) is 0.500. The van der Waals surface area contributed by atoms with Gasteiger partial charge in [0.15, 0.2) is 0 Å². The van der Waals surface area contributed by atoms with E-state index in [2.05, 4.69) is 0 Å². The summed E-state index contributed by atoms with van der Waals surface area (Å²) >= 11 is 6.25. The number of likely N-dealkylation sites (tertiary alicyclic amines) is 1. The van der Waals surface area contributed by atoms with E-state index in [4.69, 9.17) is 11.6 Å². The van der Waals surface area contributed by atoms with Gasteiger partial charge >= 0.3 is 5.97 Å². The number of hydrogen-bond donors (Lipinski definition) is 1. The van der Waals surface area contributed by atoms with Gasteiger partial charge < -0.3 is 10.0 Å². The second-order valence-electron chi connectivity index (χ2n) is 5.89. The highest BCUT2D eigenvalue weighted by Crippen LogP contribution is 2.40. The van der Waals surface area contributed by atoms with E-state index < -0.39 is 17.9 Å². The van der Waals surface area contributed by atoms with Gasteiger partial charge in [-0.05, 0) is 24.0 Å². The van der Waals surface area contributed by atoms with Crippen LogP contribution in [-0.4, -0.2) is 28.4 Å². The Bertz CT molecular complexity index is 544. The van der Waals surface area contributed by atoms with E-state index in [0.29, 0.717) is 18.0 Å². The summed E-state index contributed by atoms with van der Waals surface area (Å²) in [6, 6.07) is 6.70.